The van der Waals surface area contributed by atoms with Crippen LogP contribution >= 0.6 is 0 Å². The van der Waals surface area contributed by atoms with Crippen molar-refractivity contribution in [1.82, 2.24) is 4.72 Å². The summed E-state index contributed by atoms with van der Waals surface area (Å²) in [6.07, 6.45) is 5.36. The number of benzene rings is 1. The summed E-state index contributed by atoms with van der Waals surface area (Å²) < 4.78 is 27.1. The molecule has 0 radical (unpaired) electrons. The van der Waals surface area contributed by atoms with Crippen molar-refractivity contribution >= 4 is 15.7 Å². The maximum Gasteiger partial charge on any atom is 0.240 e. The molecule has 0 saturated heterocycles. The number of sulfonamides is 1. The van der Waals surface area contributed by atoms with E-state index in [4.69, 9.17) is 0 Å². The predicted molar refractivity (Wildman–Crippen MR) is 73.2 cm³/mol. The quantitative estimate of drug-likeness (QED) is 0.881. The molecule has 100 valence electrons. The Labute approximate surface area is 109 Å². The Bertz CT molecular complexity index is 476. The minimum absolute atomic E-state index is 0.104. The molecule has 0 amide bonds. The van der Waals surface area contributed by atoms with Gasteiger partial charge in [-0.05, 0) is 37.1 Å². The largest absolute Gasteiger partial charge is 0.388 e. The first-order chi connectivity index (χ1) is 8.62. The normalized spacial score (nSPS) is 17.6. The third kappa shape index (κ3) is 3.23. The average molecular weight is 268 g/mol. The van der Waals surface area contributed by atoms with E-state index in [9.17, 15) is 8.42 Å². The monoisotopic (exact) mass is 268 g/mol. The Hall–Kier alpha value is -1.07. The Morgan fingerprint density at radius 2 is 1.67 bits per heavy atom. The third-order valence-electron chi connectivity index (χ3n) is 3.38. The highest BCUT2D eigenvalue weighted by Gasteiger charge is 2.21. The van der Waals surface area contributed by atoms with Crippen LogP contribution in [0.4, 0.5) is 5.69 Å². The zero-order chi connectivity index (χ0) is 13.0. The van der Waals surface area contributed by atoms with Crippen LogP contribution in [0.1, 0.15) is 32.1 Å². The molecule has 0 atom stereocenters. The summed E-state index contributed by atoms with van der Waals surface area (Å²) >= 11 is 0. The van der Waals surface area contributed by atoms with Crippen LogP contribution < -0.4 is 10.0 Å². The number of hydrogen-bond acceptors (Lipinski definition) is 3. The molecule has 0 bridgehead atoms. The predicted octanol–water partition coefficient (Wildman–Crippen LogP) is 2.34. The molecule has 0 heterocycles. The van der Waals surface area contributed by atoms with E-state index in [1.54, 1.807) is 24.3 Å². The van der Waals surface area contributed by atoms with Crippen LogP contribution in [0.2, 0.25) is 0 Å². The smallest absolute Gasteiger partial charge is 0.240 e. The van der Waals surface area contributed by atoms with Gasteiger partial charge in [-0.2, -0.15) is 0 Å². The standard InChI is InChI=1S/C13H20N2O2S/c1-14-11-7-9-13(10-8-11)18(16,17)15-12-5-3-2-4-6-12/h7-10,12,14-15H,2-6H2,1H3. The van der Waals surface area contributed by atoms with Crippen molar-refractivity contribution in [3.8, 4) is 0 Å². The van der Waals surface area contributed by atoms with Crippen molar-refractivity contribution in [3.05, 3.63) is 24.3 Å². The highest BCUT2D eigenvalue weighted by atomic mass is 32.2. The number of hydrogen-bond donors (Lipinski definition) is 2. The molecule has 0 spiro atoms. The van der Waals surface area contributed by atoms with Gasteiger partial charge in [-0.15, -0.1) is 0 Å². The lowest BCUT2D eigenvalue weighted by Crippen LogP contribution is -2.36. The first kappa shape index (κ1) is 13.4. The molecule has 0 unspecified atom stereocenters. The molecule has 5 heteroatoms. The zero-order valence-electron chi connectivity index (χ0n) is 10.6. The van der Waals surface area contributed by atoms with Gasteiger partial charge in [-0.1, -0.05) is 19.3 Å². The van der Waals surface area contributed by atoms with Crippen LogP contribution in [0.25, 0.3) is 0 Å². The van der Waals surface area contributed by atoms with Crippen molar-refractivity contribution < 1.29 is 8.42 Å². The highest BCUT2D eigenvalue weighted by molar-refractivity contribution is 7.89. The fourth-order valence-electron chi connectivity index (χ4n) is 2.31. The van der Waals surface area contributed by atoms with Gasteiger partial charge in [0.1, 0.15) is 0 Å². The summed E-state index contributed by atoms with van der Waals surface area (Å²) in [5.41, 5.74) is 0.909. The van der Waals surface area contributed by atoms with E-state index in [-0.39, 0.29) is 6.04 Å². The maximum atomic E-state index is 12.2. The molecule has 1 aromatic rings. The van der Waals surface area contributed by atoms with E-state index < -0.39 is 10.0 Å². The molecule has 1 aliphatic rings. The first-order valence-electron chi connectivity index (χ1n) is 6.42. The number of anilines is 1. The average Bonchev–Trinajstić information content (AvgIpc) is 2.39. The van der Waals surface area contributed by atoms with Gasteiger partial charge >= 0.3 is 0 Å². The minimum Gasteiger partial charge on any atom is -0.388 e. The lowest BCUT2D eigenvalue weighted by Gasteiger charge is -2.22. The van der Waals surface area contributed by atoms with Crippen molar-refractivity contribution in [2.75, 3.05) is 12.4 Å². The second-order valence-electron chi connectivity index (χ2n) is 4.73. The van der Waals surface area contributed by atoms with Gasteiger partial charge in [0, 0.05) is 18.8 Å². The summed E-state index contributed by atoms with van der Waals surface area (Å²) in [6, 6.07) is 6.92. The highest BCUT2D eigenvalue weighted by Crippen LogP contribution is 2.20. The van der Waals surface area contributed by atoms with Crippen LogP contribution in [0.3, 0.4) is 0 Å². The fourth-order valence-corrected chi connectivity index (χ4v) is 3.61. The van der Waals surface area contributed by atoms with Gasteiger partial charge in [0.25, 0.3) is 0 Å². The molecule has 1 aliphatic carbocycles. The minimum atomic E-state index is -3.36. The molecule has 0 aromatic heterocycles. The molecule has 4 nitrogen and oxygen atoms in total. The van der Waals surface area contributed by atoms with Crippen LogP contribution in [-0.2, 0) is 10.0 Å². The van der Waals surface area contributed by atoms with E-state index in [1.807, 2.05) is 7.05 Å². The molecule has 18 heavy (non-hydrogen) atoms. The van der Waals surface area contributed by atoms with Gasteiger partial charge in [-0.3, -0.25) is 0 Å². The summed E-state index contributed by atoms with van der Waals surface area (Å²) in [5, 5.41) is 2.97. The zero-order valence-corrected chi connectivity index (χ0v) is 11.5. The SMILES string of the molecule is CNc1ccc(S(=O)(=O)NC2CCCCC2)cc1. The Balaban J connectivity index is 2.08. The van der Waals surface area contributed by atoms with Crippen LogP contribution in [-0.4, -0.2) is 21.5 Å². The molecule has 1 saturated carbocycles. The van der Waals surface area contributed by atoms with Crippen LogP contribution in [0.15, 0.2) is 29.2 Å². The maximum absolute atomic E-state index is 12.2. The Kier molecular flexibility index (Phi) is 4.24. The Morgan fingerprint density at radius 3 is 2.22 bits per heavy atom. The van der Waals surface area contributed by atoms with Gasteiger partial charge in [0.2, 0.25) is 10.0 Å². The van der Waals surface area contributed by atoms with Crippen LogP contribution in [0, 0.1) is 0 Å². The second-order valence-corrected chi connectivity index (χ2v) is 6.44. The second kappa shape index (κ2) is 5.71. The van der Waals surface area contributed by atoms with Crippen molar-refractivity contribution in [2.24, 2.45) is 0 Å². The molecule has 2 N–H and O–H groups in total. The summed E-state index contributed by atoms with van der Waals surface area (Å²) in [4.78, 5) is 0.340. The molecular weight excluding hydrogens is 248 g/mol. The van der Waals surface area contributed by atoms with Crippen molar-refractivity contribution in [3.63, 3.8) is 0 Å². The summed E-state index contributed by atoms with van der Waals surface area (Å²) in [5.74, 6) is 0. The molecule has 1 fully saturated rings. The molecular formula is C13H20N2O2S. The first-order valence-corrected chi connectivity index (χ1v) is 7.90. The topological polar surface area (TPSA) is 58.2 Å². The molecule has 2 rings (SSSR count). The van der Waals surface area contributed by atoms with E-state index >= 15 is 0 Å². The Morgan fingerprint density at radius 1 is 1.06 bits per heavy atom. The summed E-state index contributed by atoms with van der Waals surface area (Å²) in [6.45, 7) is 0. The van der Waals surface area contributed by atoms with E-state index in [0.717, 1.165) is 31.4 Å². The van der Waals surface area contributed by atoms with Gasteiger partial charge in [0.05, 0.1) is 4.90 Å². The van der Waals surface area contributed by atoms with E-state index in [0.29, 0.717) is 4.90 Å². The molecule has 0 aliphatic heterocycles. The number of nitrogens with one attached hydrogen (secondary N) is 2. The van der Waals surface area contributed by atoms with Crippen molar-refractivity contribution in [1.29, 1.82) is 0 Å². The van der Waals surface area contributed by atoms with Gasteiger partial charge in [0.15, 0.2) is 0 Å². The lowest BCUT2D eigenvalue weighted by atomic mass is 9.96. The summed E-state index contributed by atoms with van der Waals surface area (Å²) in [7, 11) is -1.55. The number of rotatable bonds is 4. The lowest BCUT2D eigenvalue weighted by molar-refractivity contribution is 0.412. The fraction of sp³-hybridized carbons (Fsp3) is 0.538. The van der Waals surface area contributed by atoms with Crippen molar-refractivity contribution in [2.45, 2.75) is 43.0 Å². The van der Waals surface area contributed by atoms with E-state index in [2.05, 4.69) is 10.0 Å². The molecule has 1 aromatic carbocycles. The van der Waals surface area contributed by atoms with Gasteiger partial charge in [-0.25, -0.2) is 13.1 Å². The third-order valence-corrected chi connectivity index (χ3v) is 4.92. The van der Waals surface area contributed by atoms with Crippen LogP contribution in [0.5, 0.6) is 0 Å². The van der Waals surface area contributed by atoms with Gasteiger partial charge < -0.3 is 5.32 Å². The van der Waals surface area contributed by atoms with E-state index in [1.165, 1.54) is 6.42 Å².